The van der Waals surface area contributed by atoms with Crippen molar-refractivity contribution in [2.24, 2.45) is 5.73 Å². The smallest absolute Gasteiger partial charge is 0.173 e. The lowest BCUT2D eigenvalue weighted by Crippen LogP contribution is -2.40. The van der Waals surface area contributed by atoms with E-state index in [1.807, 2.05) is 30.3 Å². The van der Waals surface area contributed by atoms with E-state index in [1.54, 1.807) is 0 Å². The van der Waals surface area contributed by atoms with Crippen molar-refractivity contribution in [2.45, 2.75) is 39.0 Å². The van der Waals surface area contributed by atoms with Gasteiger partial charge in [0.1, 0.15) is 11.9 Å². The number of rotatable bonds is 8. The molecule has 2 unspecified atom stereocenters. The molecule has 0 bridgehead atoms. The quantitative estimate of drug-likeness (QED) is 0.517. The lowest BCUT2D eigenvalue weighted by atomic mass is 10.1. The number of nitrogens with two attached hydrogens (primary N) is 1. The zero-order valence-electron chi connectivity index (χ0n) is 13.8. The summed E-state index contributed by atoms with van der Waals surface area (Å²) in [5, 5.41) is 13.5. The number of para-hydroxylation sites is 1. The average Bonchev–Trinajstić information content (AvgIpc) is 2.55. The Morgan fingerprint density at radius 3 is 2.61 bits per heavy atom. The highest BCUT2D eigenvalue weighted by molar-refractivity contribution is 5.52. The number of aryl methyl sites for hydroxylation is 2. The second-order valence-electron chi connectivity index (χ2n) is 5.85. The fourth-order valence-corrected chi connectivity index (χ4v) is 2.36. The van der Waals surface area contributed by atoms with E-state index in [2.05, 4.69) is 37.4 Å². The topological polar surface area (TPSA) is 67.5 Å². The third-order valence-corrected chi connectivity index (χ3v) is 3.78. The van der Waals surface area contributed by atoms with Crippen LogP contribution in [0, 0.1) is 13.8 Å². The van der Waals surface area contributed by atoms with Gasteiger partial charge in [0.15, 0.2) is 6.23 Å². The van der Waals surface area contributed by atoms with Crippen LogP contribution in [0.25, 0.3) is 0 Å². The summed E-state index contributed by atoms with van der Waals surface area (Å²) < 4.78 is 5.53. The van der Waals surface area contributed by atoms with Gasteiger partial charge in [-0.2, -0.15) is 0 Å². The molecule has 2 aromatic carbocycles. The van der Waals surface area contributed by atoms with E-state index in [0.717, 1.165) is 18.7 Å². The Kier molecular flexibility index (Phi) is 6.44. The molecule has 0 aliphatic heterocycles. The van der Waals surface area contributed by atoms with Crippen LogP contribution in [0.5, 0.6) is 5.75 Å². The molecule has 0 radical (unpaired) electrons. The third-order valence-electron chi connectivity index (χ3n) is 3.78. The Hall–Kier alpha value is -2.04. The van der Waals surface area contributed by atoms with Gasteiger partial charge in [0.25, 0.3) is 0 Å². The molecule has 2 aromatic rings. The molecule has 2 rings (SSSR count). The molecule has 0 amide bonds. The van der Waals surface area contributed by atoms with E-state index in [-0.39, 0.29) is 0 Å². The van der Waals surface area contributed by atoms with E-state index in [9.17, 15) is 5.11 Å². The first-order chi connectivity index (χ1) is 11.1. The second kappa shape index (κ2) is 8.56. The molecule has 0 saturated carbocycles. The maximum absolute atomic E-state index is 10.1. The number of hydrogen-bond acceptors (Lipinski definition) is 4. The molecule has 0 aliphatic rings. The standard InChI is InChI=1S/C19H26N2O2/c1-14-10-11-15(2)17(13-14)21-12-6-9-18(22)19(20)23-16-7-4-3-5-8-16/h3-5,7-8,10-11,13,18-19,21-22H,6,9,12,20H2,1-2H3. The first kappa shape index (κ1) is 17.3. The summed E-state index contributed by atoms with van der Waals surface area (Å²) in [4.78, 5) is 0. The summed E-state index contributed by atoms with van der Waals surface area (Å²) in [7, 11) is 0. The van der Waals surface area contributed by atoms with Crippen LogP contribution in [0.1, 0.15) is 24.0 Å². The Bertz CT molecular complexity index is 602. The Labute approximate surface area is 138 Å². The van der Waals surface area contributed by atoms with Crippen molar-refractivity contribution in [3.63, 3.8) is 0 Å². The second-order valence-corrected chi connectivity index (χ2v) is 5.85. The van der Waals surface area contributed by atoms with Gasteiger partial charge < -0.3 is 15.2 Å². The fourth-order valence-electron chi connectivity index (χ4n) is 2.36. The van der Waals surface area contributed by atoms with Gasteiger partial charge in [0, 0.05) is 12.2 Å². The van der Waals surface area contributed by atoms with Crippen molar-refractivity contribution < 1.29 is 9.84 Å². The fraction of sp³-hybridized carbons (Fsp3) is 0.368. The van der Waals surface area contributed by atoms with Crippen LogP contribution in [0.3, 0.4) is 0 Å². The largest absolute Gasteiger partial charge is 0.473 e. The van der Waals surface area contributed by atoms with Gasteiger partial charge in [0.05, 0.1) is 0 Å². The number of aliphatic hydroxyl groups is 1. The summed E-state index contributed by atoms with van der Waals surface area (Å²) in [6.07, 6.45) is 0.0143. The minimum Gasteiger partial charge on any atom is -0.473 e. The highest BCUT2D eigenvalue weighted by atomic mass is 16.5. The first-order valence-corrected chi connectivity index (χ1v) is 8.03. The molecular formula is C19H26N2O2. The molecule has 0 fully saturated rings. The summed E-state index contributed by atoms with van der Waals surface area (Å²) >= 11 is 0. The van der Waals surface area contributed by atoms with Gasteiger partial charge in [-0.3, -0.25) is 5.73 Å². The van der Waals surface area contributed by atoms with Gasteiger partial charge in [-0.1, -0.05) is 30.3 Å². The van der Waals surface area contributed by atoms with E-state index < -0.39 is 12.3 Å². The summed E-state index contributed by atoms with van der Waals surface area (Å²) in [5.41, 5.74) is 9.49. The van der Waals surface area contributed by atoms with Crippen molar-refractivity contribution in [3.05, 3.63) is 59.7 Å². The van der Waals surface area contributed by atoms with Crippen molar-refractivity contribution in [1.82, 2.24) is 0 Å². The molecule has 23 heavy (non-hydrogen) atoms. The highest BCUT2D eigenvalue weighted by Crippen LogP contribution is 2.17. The van der Waals surface area contributed by atoms with Gasteiger partial charge in [0.2, 0.25) is 0 Å². The Balaban J connectivity index is 1.72. The highest BCUT2D eigenvalue weighted by Gasteiger charge is 2.15. The van der Waals surface area contributed by atoms with Crippen molar-refractivity contribution in [1.29, 1.82) is 0 Å². The molecule has 0 saturated heterocycles. The minimum atomic E-state index is -0.710. The number of aliphatic hydroxyl groups excluding tert-OH is 1. The molecule has 0 aliphatic carbocycles. The molecule has 4 heteroatoms. The van der Waals surface area contributed by atoms with E-state index in [1.165, 1.54) is 11.1 Å². The first-order valence-electron chi connectivity index (χ1n) is 8.03. The maximum atomic E-state index is 10.1. The lowest BCUT2D eigenvalue weighted by Gasteiger charge is -2.20. The minimum absolute atomic E-state index is 0.589. The lowest BCUT2D eigenvalue weighted by molar-refractivity contribution is 0.0340. The van der Waals surface area contributed by atoms with Crippen LogP contribution < -0.4 is 15.8 Å². The van der Waals surface area contributed by atoms with Crippen LogP contribution in [0.2, 0.25) is 0 Å². The van der Waals surface area contributed by atoms with Crippen molar-refractivity contribution >= 4 is 5.69 Å². The number of nitrogens with one attached hydrogen (secondary N) is 1. The molecule has 124 valence electrons. The number of ether oxygens (including phenoxy) is 1. The van der Waals surface area contributed by atoms with Crippen LogP contribution in [-0.4, -0.2) is 24.0 Å². The van der Waals surface area contributed by atoms with Crippen molar-refractivity contribution in [3.8, 4) is 5.75 Å². The number of anilines is 1. The van der Waals surface area contributed by atoms with E-state index in [0.29, 0.717) is 12.2 Å². The van der Waals surface area contributed by atoms with Crippen LogP contribution in [0.4, 0.5) is 5.69 Å². The number of benzene rings is 2. The molecule has 4 nitrogen and oxygen atoms in total. The Morgan fingerprint density at radius 2 is 1.87 bits per heavy atom. The monoisotopic (exact) mass is 314 g/mol. The molecule has 4 N–H and O–H groups in total. The van der Waals surface area contributed by atoms with E-state index >= 15 is 0 Å². The average molecular weight is 314 g/mol. The maximum Gasteiger partial charge on any atom is 0.173 e. The summed E-state index contributed by atoms with van der Waals surface area (Å²) in [6, 6.07) is 15.7. The molecule has 0 heterocycles. The molecule has 2 atom stereocenters. The SMILES string of the molecule is Cc1ccc(C)c(NCCCC(O)C(N)Oc2ccccc2)c1. The normalized spacial score (nSPS) is 13.4. The Morgan fingerprint density at radius 1 is 1.13 bits per heavy atom. The summed E-state index contributed by atoms with van der Waals surface area (Å²) in [6.45, 7) is 4.95. The summed E-state index contributed by atoms with van der Waals surface area (Å²) in [5.74, 6) is 0.674. The van der Waals surface area contributed by atoms with Crippen molar-refractivity contribution in [2.75, 3.05) is 11.9 Å². The predicted molar refractivity (Wildman–Crippen MR) is 94.7 cm³/mol. The molecule has 0 aromatic heterocycles. The third kappa shape index (κ3) is 5.58. The number of hydrogen-bond donors (Lipinski definition) is 3. The van der Waals surface area contributed by atoms with Gasteiger partial charge in [-0.15, -0.1) is 0 Å². The zero-order valence-corrected chi connectivity index (χ0v) is 13.8. The van der Waals surface area contributed by atoms with Gasteiger partial charge in [-0.25, -0.2) is 0 Å². The van der Waals surface area contributed by atoms with E-state index in [4.69, 9.17) is 10.5 Å². The molecular weight excluding hydrogens is 288 g/mol. The van der Waals surface area contributed by atoms with Crippen LogP contribution in [-0.2, 0) is 0 Å². The van der Waals surface area contributed by atoms with Crippen LogP contribution >= 0.6 is 0 Å². The zero-order chi connectivity index (χ0) is 16.7. The van der Waals surface area contributed by atoms with Gasteiger partial charge >= 0.3 is 0 Å². The molecule has 0 spiro atoms. The van der Waals surface area contributed by atoms with Crippen LogP contribution in [0.15, 0.2) is 48.5 Å². The van der Waals surface area contributed by atoms with Gasteiger partial charge in [-0.05, 0) is 56.0 Å². The predicted octanol–water partition coefficient (Wildman–Crippen LogP) is 3.22.